The number of halogens is 2. The van der Waals surface area contributed by atoms with E-state index in [1.807, 2.05) is 0 Å². The van der Waals surface area contributed by atoms with Gasteiger partial charge in [0.1, 0.15) is 12.1 Å². The van der Waals surface area contributed by atoms with Crippen molar-refractivity contribution in [2.45, 2.75) is 0 Å². The van der Waals surface area contributed by atoms with Gasteiger partial charge in [0, 0.05) is 0 Å². The maximum atomic E-state index is 13.5. The predicted octanol–water partition coefficient (Wildman–Crippen LogP) is 3.52. The number of hydrogen-bond donors (Lipinski definition) is 1. The Hall–Kier alpha value is -2.40. The maximum absolute atomic E-state index is 13.5. The van der Waals surface area contributed by atoms with E-state index in [-0.39, 0.29) is 10.6 Å². The fourth-order valence-electron chi connectivity index (χ4n) is 1.99. The van der Waals surface area contributed by atoms with Gasteiger partial charge in [-0.3, -0.25) is 4.57 Å². The number of nitrogens with zero attached hydrogens (tertiary/aromatic N) is 2. The molecule has 1 aromatic heterocycles. The lowest BCUT2D eigenvalue weighted by Gasteiger charge is -2.05. The van der Waals surface area contributed by atoms with E-state index in [0.29, 0.717) is 16.7 Å². The van der Waals surface area contributed by atoms with Crippen LogP contribution in [-0.2, 0) is 0 Å². The molecule has 4 nitrogen and oxygen atoms in total. The second-order valence-corrected chi connectivity index (χ2v) is 4.63. The average molecular weight is 291 g/mol. The molecule has 100 valence electrons. The van der Waals surface area contributed by atoms with E-state index in [4.69, 9.17) is 16.7 Å². The number of benzene rings is 2. The molecule has 0 aliphatic rings. The molecular formula is C14H8ClFN2O2. The van der Waals surface area contributed by atoms with E-state index in [1.54, 1.807) is 16.7 Å². The predicted molar refractivity (Wildman–Crippen MR) is 73.0 cm³/mol. The number of imidazole rings is 1. The number of fused-ring (bicyclic) bond motifs is 1. The summed E-state index contributed by atoms with van der Waals surface area (Å²) in [7, 11) is 0. The van der Waals surface area contributed by atoms with Crippen LogP contribution in [0.3, 0.4) is 0 Å². The highest BCUT2D eigenvalue weighted by atomic mass is 35.5. The van der Waals surface area contributed by atoms with Gasteiger partial charge in [-0.25, -0.2) is 14.2 Å². The molecule has 0 bridgehead atoms. The fraction of sp³-hybridized carbons (Fsp3) is 0. The highest BCUT2D eigenvalue weighted by Crippen LogP contribution is 2.22. The molecule has 0 atom stereocenters. The molecule has 3 aromatic rings. The summed E-state index contributed by atoms with van der Waals surface area (Å²) in [5, 5.41) is 8.98. The SMILES string of the molecule is O=C(O)c1ccc2c(c1)ncn2-c1ccc(Cl)c(F)c1. The van der Waals surface area contributed by atoms with Crippen LogP contribution in [0.25, 0.3) is 16.7 Å². The highest BCUT2D eigenvalue weighted by molar-refractivity contribution is 6.30. The zero-order chi connectivity index (χ0) is 14.3. The molecule has 0 saturated heterocycles. The Labute approximate surface area is 118 Å². The van der Waals surface area contributed by atoms with Crippen molar-refractivity contribution in [3.8, 4) is 5.69 Å². The van der Waals surface area contributed by atoms with Crippen molar-refractivity contribution in [3.63, 3.8) is 0 Å². The van der Waals surface area contributed by atoms with Crippen molar-refractivity contribution < 1.29 is 14.3 Å². The number of carbonyl (C=O) groups is 1. The van der Waals surface area contributed by atoms with Crippen LogP contribution in [0.1, 0.15) is 10.4 Å². The molecule has 3 rings (SSSR count). The first kappa shape index (κ1) is 12.6. The van der Waals surface area contributed by atoms with Crippen LogP contribution in [0.4, 0.5) is 4.39 Å². The minimum atomic E-state index is -1.01. The van der Waals surface area contributed by atoms with Crippen LogP contribution >= 0.6 is 11.6 Å². The van der Waals surface area contributed by atoms with Crippen molar-refractivity contribution in [1.82, 2.24) is 9.55 Å². The van der Waals surface area contributed by atoms with Crippen LogP contribution in [-0.4, -0.2) is 20.6 Å². The molecular weight excluding hydrogens is 283 g/mol. The summed E-state index contributed by atoms with van der Waals surface area (Å²) < 4.78 is 15.2. The van der Waals surface area contributed by atoms with Gasteiger partial charge in [0.25, 0.3) is 0 Å². The van der Waals surface area contributed by atoms with Crippen molar-refractivity contribution in [2.24, 2.45) is 0 Å². The van der Waals surface area contributed by atoms with Gasteiger partial charge >= 0.3 is 5.97 Å². The standard InChI is InChI=1S/C14H8ClFN2O2/c15-10-3-2-9(6-11(10)16)18-7-17-12-5-8(14(19)20)1-4-13(12)18/h1-7H,(H,19,20). The monoisotopic (exact) mass is 290 g/mol. The van der Waals surface area contributed by atoms with E-state index < -0.39 is 11.8 Å². The molecule has 2 aromatic carbocycles. The zero-order valence-electron chi connectivity index (χ0n) is 10.0. The largest absolute Gasteiger partial charge is 0.478 e. The molecule has 1 N–H and O–H groups in total. The smallest absolute Gasteiger partial charge is 0.335 e. The van der Waals surface area contributed by atoms with E-state index >= 15 is 0 Å². The van der Waals surface area contributed by atoms with Crippen LogP contribution in [0.15, 0.2) is 42.7 Å². The molecule has 0 saturated carbocycles. The number of aromatic nitrogens is 2. The van der Waals surface area contributed by atoms with Crippen LogP contribution in [0, 0.1) is 5.82 Å². The van der Waals surface area contributed by atoms with E-state index in [0.717, 1.165) is 0 Å². The lowest BCUT2D eigenvalue weighted by molar-refractivity contribution is 0.0697. The second-order valence-electron chi connectivity index (χ2n) is 4.22. The fourth-order valence-corrected chi connectivity index (χ4v) is 2.10. The summed E-state index contributed by atoms with van der Waals surface area (Å²) >= 11 is 5.65. The molecule has 0 unspecified atom stereocenters. The topological polar surface area (TPSA) is 55.1 Å². The summed E-state index contributed by atoms with van der Waals surface area (Å²) in [6.07, 6.45) is 1.51. The van der Waals surface area contributed by atoms with E-state index in [1.165, 1.54) is 30.6 Å². The van der Waals surface area contributed by atoms with Gasteiger partial charge < -0.3 is 5.11 Å². The number of carboxylic acid groups (broad SMARTS) is 1. The molecule has 0 spiro atoms. The number of rotatable bonds is 2. The Morgan fingerprint density at radius 1 is 1.25 bits per heavy atom. The lowest BCUT2D eigenvalue weighted by atomic mass is 10.2. The van der Waals surface area contributed by atoms with Gasteiger partial charge in [-0.05, 0) is 36.4 Å². The molecule has 0 aliphatic carbocycles. The molecule has 6 heteroatoms. The van der Waals surface area contributed by atoms with Crippen molar-refractivity contribution in [3.05, 3.63) is 59.1 Å². The minimum Gasteiger partial charge on any atom is -0.478 e. The Morgan fingerprint density at radius 3 is 2.75 bits per heavy atom. The van der Waals surface area contributed by atoms with E-state index in [2.05, 4.69) is 4.98 Å². The van der Waals surface area contributed by atoms with Gasteiger partial charge in [-0.15, -0.1) is 0 Å². The molecule has 0 fully saturated rings. The molecule has 20 heavy (non-hydrogen) atoms. The van der Waals surface area contributed by atoms with Crippen LogP contribution in [0.5, 0.6) is 0 Å². The first-order chi connectivity index (χ1) is 9.56. The molecule has 1 heterocycles. The zero-order valence-corrected chi connectivity index (χ0v) is 10.8. The third kappa shape index (κ3) is 2.02. The summed E-state index contributed by atoms with van der Waals surface area (Å²) in [5.74, 6) is -1.54. The van der Waals surface area contributed by atoms with E-state index in [9.17, 15) is 9.18 Å². The van der Waals surface area contributed by atoms with Crippen molar-refractivity contribution in [2.75, 3.05) is 0 Å². The van der Waals surface area contributed by atoms with Crippen LogP contribution < -0.4 is 0 Å². The Kier molecular flexibility index (Phi) is 2.91. The first-order valence-electron chi connectivity index (χ1n) is 5.72. The lowest BCUT2D eigenvalue weighted by Crippen LogP contribution is -1.96. The van der Waals surface area contributed by atoms with Crippen molar-refractivity contribution in [1.29, 1.82) is 0 Å². The average Bonchev–Trinajstić information content (AvgIpc) is 2.84. The first-order valence-corrected chi connectivity index (χ1v) is 6.10. The summed E-state index contributed by atoms with van der Waals surface area (Å²) in [6, 6.07) is 9.02. The minimum absolute atomic E-state index is 0.0475. The molecule has 0 aliphatic heterocycles. The second kappa shape index (κ2) is 4.61. The quantitative estimate of drug-likeness (QED) is 0.785. The van der Waals surface area contributed by atoms with Gasteiger partial charge in [-0.1, -0.05) is 11.6 Å². The third-order valence-corrected chi connectivity index (χ3v) is 3.28. The van der Waals surface area contributed by atoms with Crippen LogP contribution in [0.2, 0.25) is 5.02 Å². The number of hydrogen-bond acceptors (Lipinski definition) is 2. The maximum Gasteiger partial charge on any atom is 0.335 e. The Balaban J connectivity index is 2.17. The number of carboxylic acids is 1. The highest BCUT2D eigenvalue weighted by Gasteiger charge is 2.10. The third-order valence-electron chi connectivity index (χ3n) is 2.98. The van der Waals surface area contributed by atoms with Crippen molar-refractivity contribution >= 4 is 28.6 Å². The Bertz CT molecular complexity index is 829. The summed E-state index contributed by atoms with van der Waals surface area (Å²) in [4.78, 5) is 15.0. The summed E-state index contributed by atoms with van der Waals surface area (Å²) in [5.41, 5.74) is 1.94. The van der Waals surface area contributed by atoms with Gasteiger partial charge in [0.15, 0.2) is 0 Å². The Morgan fingerprint density at radius 2 is 2.05 bits per heavy atom. The molecule has 0 radical (unpaired) electrons. The van der Waals surface area contributed by atoms with Gasteiger partial charge in [0.05, 0.1) is 27.3 Å². The summed E-state index contributed by atoms with van der Waals surface area (Å²) in [6.45, 7) is 0. The number of aromatic carboxylic acids is 1. The molecule has 0 amide bonds. The normalized spacial score (nSPS) is 10.9. The van der Waals surface area contributed by atoms with Gasteiger partial charge in [0.2, 0.25) is 0 Å². The van der Waals surface area contributed by atoms with Gasteiger partial charge in [-0.2, -0.15) is 0 Å².